The Hall–Kier alpha value is -3.16. The molecule has 0 fully saturated rings. The van der Waals surface area contributed by atoms with E-state index in [0.717, 1.165) is 17.0 Å². The molecule has 0 aliphatic heterocycles. The fourth-order valence-corrected chi connectivity index (χ4v) is 2.32. The van der Waals surface area contributed by atoms with Gasteiger partial charge in [0, 0.05) is 24.5 Å². The van der Waals surface area contributed by atoms with Gasteiger partial charge in [-0.2, -0.15) is 5.10 Å². The van der Waals surface area contributed by atoms with Crippen LogP contribution in [-0.2, 0) is 6.54 Å². The molecule has 0 spiro atoms. The number of para-hydroxylation sites is 1. The monoisotopic (exact) mass is 313 g/mol. The standard InChI is InChI=1S/C15H15N5O3/c21-13-8-11(18-15(23)19-13)14(22)16-6-3-7-20-12-5-2-1-4-10(12)9-17-20/h1-2,4-5,8-9H,3,6-7H2,(H,16,22)(H2,18,19,21,23). The van der Waals surface area contributed by atoms with Gasteiger partial charge >= 0.3 is 5.69 Å². The van der Waals surface area contributed by atoms with Gasteiger partial charge in [0.2, 0.25) is 0 Å². The minimum atomic E-state index is -0.703. The first-order valence-electron chi connectivity index (χ1n) is 7.16. The first kappa shape index (κ1) is 14.8. The van der Waals surface area contributed by atoms with Crippen LogP contribution in [0.1, 0.15) is 16.9 Å². The number of aryl methyl sites for hydroxylation is 1. The van der Waals surface area contributed by atoms with E-state index in [1.165, 1.54) is 0 Å². The number of H-pyrrole nitrogens is 2. The first-order valence-corrected chi connectivity index (χ1v) is 7.16. The Morgan fingerprint density at radius 2 is 2.04 bits per heavy atom. The van der Waals surface area contributed by atoms with Crippen molar-refractivity contribution in [3.05, 3.63) is 63.1 Å². The summed E-state index contributed by atoms with van der Waals surface area (Å²) < 4.78 is 1.87. The maximum Gasteiger partial charge on any atom is 0.326 e. The number of hydrogen-bond acceptors (Lipinski definition) is 4. The Morgan fingerprint density at radius 1 is 1.22 bits per heavy atom. The molecule has 8 nitrogen and oxygen atoms in total. The molecule has 3 rings (SSSR count). The molecule has 0 saturated carbocycles. The van der Waals surface area contributed by atoms with Crippen LogP contribution in [0, 0.1) is 0 Å². The predicted molar refractivity (Wildman–Crippen MR) is 84.4 cm³/mol. The Bertz CT molecular complexity index is 925. The van der Waals surface area contributed by atoms with Crippen LogP contribution in [0.3, 0.4) is 0 Å². The lowest BCUT2D eigenvalue weighted by Gasteiger charge is -2.06. The first-order chi connectivity index (χ1) is 11.1. The molecule has 1 aromatic carbocycles. The zero-order valence-corrected chi connectivity index (χ0v) is 12.2. The summed E-state index contributed by atoms with van der Waals surface area (Å²) in [6.07, 6.45) is 2.47. The Morgan fingerprint density at radius 3 is 2.87 bits per heavy atom. The van der Waals surface area contributed by atoms with E-state index < -0.39 is 17.2 Å². The molecule has 1 amide bonds. The Balaban J connectivity index is 1.56. The summed E-state index contributed by atoms with van der Waals surface area (Å²) in [5.74, 6) is -0.487. The number of aromatic nitrogens is 4. The van der Waals surface area contributed by atoms with Crippen LogP contribution in [0.15, 0.2) is 46.1 Å². The number of amides is 1. The molecule has 0 atom stereocenters. The third-order valence-corrected chi connectivity index (χ3v) is 3.39. The molecule has 2 heterocycles. The average molecular weight is 313 g/mol. The van der Waals surface area contributed by atoms with E-state index in [-0.39, 0.29) is 5.69 Å². The van der Waals surface area contributed by atoms with E-state index >= 15 is 0 Å². The molecule has 118 valence electrons. The van der Waals surface area contributed by atoms with Gasteiger partial charge in [-0.3, -0.25) is 19.3 Å². The van der Waals surface area contributed by atoms with Crippen LogP contribution in [0.5, 0.6) is 0 Å². The third-order valence-electron chi connectivity index (χ3n) is 3.39. The summed E-state index contributed by atoms with van der Waals surface area (Å²) in [6.45, 7) is 1.06. The molecule has 8 heteroatoms. The molecular weight excluding hydrogens is 298 g/mol. The third kappa shape index (κ3) is 3.37. The van der Waals surface area contributed by atoms with Crippen LogP contribution in [0.25, 0.3) is 10.9 Å². The number of carbonyl (C=O) groups is 1. The van der Waals surface area contributed by atoms with Crippen molar-refractivity contribution in [1.29, 1.82) is 0 Å². The van der Waals surface area contributed by atoms with Crippen LogP contribution in [0.2, 0.25) is 0 Å². The Kier molecular flexibility index (Phi) is 4.05. The average Bonchev–Trinajstić information content (AvgIpc) is 2.94. The van der Waals surface area contributed by atoms with Gasteiger partial charge in [0.05, 0.1) is 11.7 Å². The zero-order valence-electron chi connectivity index (χ0n) is 12.2. The van der Waals surface area contributed by atoms with E-state index in [1.54, 1.807) is 6.20 Å². The van der Waals surface area contributed by atoms with Crippen molar-refractivity contribution in [1.82, 2.24) is 25.1 Å². The van der Waals surface area contributed by atoms with E-state index in [4.69, 9.17) is 0 Å². The minimum absolute atomic E-state index is 0.0525. The van der Waals surface area contributed by atoms with Gasteiger partial charge in [-0.15, -0.1) is 0 Å². The molecule has 3 aromatic rings. The second-order valence-corrected chi connectivity index (χ2v) is 5.04. The molecule has 23 heavy (non-hydrogen) atoms. The molecule has 0 aliphatic rings. The van der Waals surface area contributed by atoms with E-state index in [9.17, 15) is 14.4 Å². The number of nitrogens with one attached hydrogen (secondary N) is 3. The molecule has 3 N–H and O–H groups in total. The lowest BCUT2D eigenvalue weighted by Crippen LogP contribution is -2.31. The van der Waals surface area contributed by atoms with Gasteiger partial charge in [-0.25, -0.2) is 4.79 Å². The van der Waals surface area contributed by atoms with Crippen molar-refractivity contribution in [2.45, 2.75) is 13.0 Å². The van der Waals surface area contributed by atoms with E-state index in [2.05, 4.69) is 15.4 Å². The van der Waals surface area contributed by atoms with Crippen molar-refractivity contribution < 1.29 is 4.79 Å². The number of benzene rings is 1. The van der Waals surface area contributed by atoms with Crippen molar-refractivity contribution in [3.8, 4) is 0 Å². The molecule has 2 aromatic heterocycles. The van der Waals surface area contributed by atoms with Crippen molar-refractivity contribution in [3.63, 3.8) is 0 Å². The van der Waals surface area contributed by atoms with E-state index in [1.807, 2.05) is 33.9 Å². The molecular formula is C15H15N5O3. The van der Waals surface area contributed by atoms with Crippen molar-refractivity contribution in [2.75, 3.05) is 6.54 Å². The molecule has 0 saturated heterocycles. The van der Waals surface area contributed by atoms with E-state index in [0.29, 0.717) is 19.5 Å². The van der Waals surface area contributed by atoms with Crippen LogP contribution < -0.4 is 16.6 Å². The van der Waals surface area contributed by atoms with Gasteiger partial charge in [-0.05, 0) is 12.5 Å². The highest BCUT2D eigenvalue weighted by Gasteiger charge is 2.07. The van der Waals surface area contributed by atoms with Gasteiger partial charge in [-0.1, -0.05) is 18.2 Å². The van der Waals surface area contributed by atoms with Gasteiger partial charge < -0.3 is 10.3 Å². The second kappa shape index (κ2) is 6.30. The van der Waals surface area contributed by atoms with Gasteiger partial charge in [0.25, 0.3) is 11.5 Å². The Labute approximate surface area is 130 Å². The normalized spacial score (nSPS) is 10.8. The van der Waals surface area contributed by atoms with Crippen LogP contribution >= 0.6 is 0 Å². The number of carbonyl (C=O) groups excluding carboxylic acids is 1. The predicted octanol–water partition coefficient (Wildman–Crippen LogP) is 0.233. The topological polar surface area (TPSA) is 113 Å². The summed E-state index contributed by atoms with van der Waals surface area (Å²) >= 11 is 0. The zero-order chi connectivity index (χ0) is 16.2. The summed E-state index contributed by atoms with van der Waals surface area (Å²) in [4.78, 5) is 38.4. The van der Waals surface area contributed by atoms with Gasteiger partial charge in [0.1, 0.15) is 5.69 Å². The minimum Gasteiger partial charge on any atom is -0.351 e. The van der Waals surface area contributed by atoms with Gasteiger partial charge in [0.15, 0.2) is 0 Å². The largest absolute Gasteiger partial charge is 0.351 e. The molecule has 0 bridgehead atoms. The highest BCUT2D eigenvalue weighted by Crippen LogP contribution is 2.12. The van der Waals surface area contributed by atoms with Crippen LogP contribution in [0.4, 0.5) is 0 Å². The molecule has 0 radical (unpaired) electrons. The fraction of sp³-hybridized carbons (Fsp3) is 0.200. The highest BCUT2D eigenvalue weighted by molar-refractivity contribution is 5.91. The molecule has 0 aliphatic carbocycles. The van der Waals surface area contributed by atoms with Crippen molar-refractivity contribution in [2.24, 2.45) is 0 Å². The fourth-order valence-electron chi connectivity index (χ4n) is 2.32. The number of rotatable bonds is 5. The summed E-state index contributed by atoms with van der Waals surface area (Å²) in [5.41, 5.74) is -0.325. The van der Waals surface area contributed by atoms with Crippen molar-refractivity contribution >= 4 is 16.8 Å². The highest BCUT2D eigenvalue weighted by atomic mass is 16.2. The maximum absolute atomic E-state index is 11.9. The maximum atomic E-state index is 11.9. The number of nitrogens with zero attached hydrogens (tertiary/aromatic N) is 2. The van der Waals surface area contributed by atoms with Crippen LogP contribution in [-0.4, -0.2) is 32.2 Å². The lowest BCUT2D eigenvalue weighted by molar-refractivity contribution is 0.0947. The quantitative estimate of drug-likeness (QED) is 0.585. The lowest BCUT2D eigenvalue weighted by atomic mass is 10.2. The smallest absolute Gasteiger partial charge is 0.326 e. The second-order valence-electron chi connectivity index (χ2n) is 5.04. The number of fused-ring (bicyclic) bond motifs is 1. The summed E-state index contributed by atoms with van der Waals surface area (Å²) in [5, 5.41) is 8.03. The summed E-state index contributed by atoms with van der Waals surface area (Å²) in [6, 6.07) is 8.94. The summed E-state index contributed by atoms with van der Waals surface area (Å²) in [7, 11) is 0. The SMILES string of the molecule is O=C(NCCCn1ncc2ccccc21)c1cc(=O)[nH]c(=O)[nH]1. The number of aromatic amines is 2. The molecule has 0 unspecified atom stereocenters. The number of hydrogen-bond donors (Lipinski definition) is 3.